The number of benzene rings is 2. The standard InChI is InChI=1S/C22H26N2O2/c1-23-13-11-22(15-23)10-3-12-24(16-22)21(26)19-5-2-4-18(14-19)17-6-8-20(25)9-7-17/h2,4-9,14,25H,3,10-13,15-16H2,1H3. The fourth-order valence-electron chi connectivity index (χ4n) is 4.54. The summed E-state index contributed by atoms with van der Waals surface area (Å²) in [5.74, 6) is 0.389. The second-order valence-corrected chi connectivity index (χ2v) is 7.95. The summed E-state index contributed by atoms with van der Waals surface area (Å²) in [4.78, 5) is 17.6. The molecule has 2 aliphatic rings. The fraction of sp³-hybridized carbons (Fsp3) is 0.409. The van der Waals surface area contributed by atoms with Gasteiger partial charge in [0.1, 0.15) is 5.75 Å². The molecule has 1 amide bonds. The van der Waals surface area contributed by atoms with E-state index in [9.17, 15) is 9.90 Å². The number of hydrogen-bond acceptors (Lipinski definition) is 3. The van der Waals surface area contributed by atoms with Crippen LogP contribution in [0.2, 0.25) is 0 Å². The summed E-state index contributed by atoms with van der Waals surface area (Å²) in [5, 5.41) is 9.47. The highest BCUT2D eigenvalue weighted by molar-refractivity contribution is 5.95. The number of amides is 1. The summed E-state index contributed by atoms with van der Waals surface area (Å²) >= 11 is 0. The zero-order valence-electron chi connectivity index (χ0n) is 15.3. The molecule has 2 fully saturated rings. The summed E-state index contributed by atoms with van der Waals surface area (Å²) in [5.41, 5.74) is 3.05. The summed E-state index contributed by atoms with van der Waals surface area (Å²) in [6, 6.07) is 14.9. The number of likely N-dealkylation sites (tertiary alicyclic amines) is 2. The molecule has 136 valence electrons. The van der Waals surface area contributed by atoms with Crippen LogP contribution < -0.4 is 0 Å². The van der Waals surface area contributed by atoms with Gasteiger partial charge >= 0.3 is 0 Å². The van der Waals surface area contributed by atoms with Crippen LogP contribution in [0.1, 0.15) is 29.6 Å². The molecular weight excluding hydrogens is 324 g/mol. The quantitative estimate of drug-likeness (QED) is 0.900. The highest BCUT2D eigenvalue weighted by atomic mass is 16.3. The van der Waals surface area contributed by atoms with Gasteiger partial charge in [-0.15, -0.1) is 0 Å². The third-order valence-corrected chi connectivity index (χ3v) is 5.89. The van der Waals surface area contributed by atoms with Crippen molar-refractivity contribution in [2.45, 2.75) is 19.3 Å². The molecule has 4 nitrogen and oxygen atoms in total. The maximum Gasteiger partial charge on any atom is 0.253 e. The molecule has 0 aliphatic carbocycles. The van der Waals surface area contributed by atoms with Crippen LogP contribution in [0, 0.1) is 5.41 Å². The lowest BCUT2D eigenvalue weighted by atomic mass is 9.79. The number of carbonyl (C=O) groups excluding carboxylic acids is 1. The predicted molar refractivity (Wildman–Crippen MR) is 103 cm³/mol. The van der Waals surface area contributed by atoms with Crippen LogP contribution in [-0.4, -0.2) is 54.0 Å². The molecule has 0 aromatic heterocycles. The van der Waals surface area contributed by atoms with Gasteiger partial charge in [0.15, 0.2) is 0 Å². The normalized spacial score (nSPS) is 23.5. The molecule has 0 radical (unpaired) electrons. The number of phenols is 1. The Bertz CT molecular complexity index is 798. The minimum Gasteiger partial charge on any atom is -0.508 e. The summed E-state index contributed by atoms with van der Waals surface area (Å²) in [6.07, 6.45) is 3.52. The highest BCUT2D eigenvalue weighted by Gasteiger charge is 2.41. The minimum absolute atomic E-state index is 0.138. The summed E-state index contributed by atoms with van der Waals surface area (Å²) in [6.45, 7) is 3.97. The maximum atomic E-state index is 13.1. The smallest absolute Gasteiger partial charge is 0.253 e. The highest BCUT2D eigenvalue weighted by Crippen LogP contribution is 2.38. The number of carbonyl (C=O) groups is 1. The fourth-order valence-corrected chi connectivity index (χ4v) is 4.54. The summed E-state index contributed by atoms with van der Waals surface area (Å²) in [7, 11) is 2.18. The number of rotatable bonds is 2. The average Bonchev–Trinajstić information content (AvgIpc) is 3.01. The van der Waals surface area contributed by atoms with Gasteiger partial charge in [0.05, 0.1) is 0 Å². The minimum atomic E-state index is 0.138. The maximum absolute atomic E-state index is 13.1. The molecule has 0 saturated carbocycles. The van der Waals surface area contributed by atoms with Crippen molar-refractivity contribution < 1.29 is 9.90 Å². The van der Waals surface area contributed by atoms with Crippen LogP contribution >= 0.6 is 0 Å². The zero-order valence-corrected chi connectivity index (χ0v) is 15.3. The van der Waals surface area contributed by atoms with Crippen LogP contribution in [0.5, 0.6) is 5.75 Å². The van der Waals surface area contributed by atoms with Crippen molar-refractivity contribution in [1.82, 2.24) is 9.80 Å². The number of piperidine rings is 1. The van der Waals surface area contributed by atoms with Crippen molar-refractivity contribution in [1.29, 1.82) is 0 Å². The first kappa shape index (κ1) is 17.1. The molecule has 26 heavy (non-hydrogen) atoms. The van der Waals surface area contributed by atoms with Gasteiger partial charge in [-0.2, -0.15) is 0 Å². The van der Waals surface area contributed by atoms with E-state index in [1.54, 1.807) is 12.1 Å². The van der Waals surface area contributed by atoms with Crippen LogP contribution in [0.3, 0.4) is 0 Å². The van der Waals surface area contributed by atoms with Crippen LogP contribution in [0.4, 0.5) is 0 Å². The monoisotopic (exact) mass is 350 g/mol. The molecule has 2 aromatic rings. The lowest BCUT2D eigenvalue weighted by molar-refractivity contribution is 0.0534. The Morgan fingerprint density at radius 3 is 2.54 bits per heavy atom. The van der Waals surface area contributed by atoms with Crippen molar-refractivity contribution in [3.63, 3.8) is 0 Å². The zero-order chi connectivity index (χ0) is 18.1. The second kappa shape index (κ2) is 6.76. The van der Waals surface area contributed by atoms with Crippen molar-refractivity contribution in [3.8, 4) is 16.9 Å². The van der Waals surface area contributed by atoms with E-state index in [-0.39, 0.29) is 17.1 Å². The van der Waals surface area contributed by atoms with Gasteiger partial charge < -0.3 is 14.9 Å². The second-order valence-electron chi connectivity index (χ2n) is 7.95. The Morgan fingerprint density at radius 2 is 1.81 bits per heavy atom. The van der Waals surface area contributed by atoms with Crippen molar-refractivity contribution in [3.05, 3.63) is 54.1 Å². The van der Waals surface area contributed by atoms with E-state index >= 15 is 0 Å². The van der Waals surface area contributed by atoms with Gasteiger partial charge in [-0.05, 0) is 68.2 Å². The van der Waals surface area contributed by atoms with E-state index in [4.69, 9.17) is 0 Å². The topological polar surface area (TPSA) is 43.8 Å². The van der Waals surface area contributed by atoms with Gasteiger partial charge in [-0.25, -0.2) is 0 Å². The molecular formula is C22H26N2O2. The predicted octanol–water partition coefficient (Wildman–Crippen LogP) is 3.62. The van der Waals surface area contributed by atoms with Crippen molar-refractivity contribution >= 4 is 5.91 Å². The Morgan fingerprint density at radius 1 is 1.00 bits per heavy atom. The van der Waals surface area contributed by atoms with Crippen LogP contribution in [-0.2, 0) is 0 Å². The van der Waals surface area contributed by atoms with E-state index in [0.29, 0.717) is 0 Å². The molecule has 1 spiro atoms. The van der Waals surface area contributed by atoms with E-state index in [1.807, 2.05) is 36.4 Å². The molecule has 2 aromatic carbocycles. The van der Waals surface area contributed by atoms with Gasteiger partial charge in [-0.1, -0.05) is 24.3 Å². The number of phenolic OH excluding ortho intramolecular Hbond substituents is 1. The first-order valence-corrected chi connectivity index (χ1v) is 9.42. The summed E-state index contributed by atoms with van der Waals surface area (Å²) < 4.78 is 0. The average molecular weight is 350 g/mol. The van der Waals surface area contributed by atoms with Gasteiger partial charge in [-0.3, -0.25) is 4.79 Å². The van der Waals surface area contributed by atoms with Crippen molar-refractivity contribution in [2.24, 2.45) is 5.41 Å². The van der Waals surface area contributed by atoms with Crippen molar-refractivity contribution in [2.75, 3.05) is 33.2 Å². The first-order chi connectivity index (χ1) is 12.5. The van der Waals surface area contributed by atoms with E-state index in [1.165, 1.54) is 12.8 Å². The molecule has 0 bridgehead atoms. The molecule has 2 aliphatic heterocycles. The van der Waals surface area contributed by atoms with Gasteiger partial charge in [0, 0.05) is 30.6 Å². The molecule has 2 saturated heterocycles. The molecule has 4 heteroatoms. The van der Waals surface area contributed by atoms with Crippen LogP contribution in [0.25, 0.3) is 11.1 Å². The van der Waals surface area contributed by atoms with E-state index in [2.05, 4.69) is 16.8 Å². The Hall–Kier alpha value is -2.33. The SMILES string of the molecule is CN1CCC2(CCCN(C(=O)c3cccc(-c4ccc(O)cc4)c3)C2)C1. The number of aromatic hydroxyl groups is 1. The Kier molecular flexibility index (Phi) is 4.45. The van der Waals surface area contributed by atoms with Gasteiger partial charge in [0.25, 0.3) is 5.91 Å². The molecule has 1 unspecified atom stereocenters. The lowest BCUT2D eigenvalue weighted by Crippen LogP contribution is -2.47. The van der Waals surface area contributed by atoms with Gasteiger partial charge in [0.2, 0.25) is 0 Å². The molecule has 1 N–H and O–H groups in total. The van der Waals surface area contributed by atoms with E-state index in [0.717, 1.165) is 49.3 Å². The lowest BCUT2D eigenvalue weighted by Gasteiger charge is -2.40. The molecule has 1 atom stereocenters. The third-order valence-electron chi connectivity index (χ3n) is 5.89. The molecule has 4 rings (SSSR count). The largest absolute Gasteiger partial charge is 0.508 e. The first-order valence-electron chi connectivity index (χ1n) is 9.42. The van der Waals surface area contributed by atoms with Crippen LogP contribution in [0.15, 0.2) is 48.5 Å². The third kappa shape index (κ3) is 3.34. The van der Waals surface area contributed by atoms with E-state index < -0.39 is 0 Å². The Balaban J connectivity index is 1.54. The Labute approximate surface area is 155 Å². The number of nitrogens with zero attached hydrogens (tertiary/aromatic N) is 2. The molecule has 2 heterocycles. The number of hydrogen-bond donors (Lipinski definition) is 1.